The van der Waals surface area contributed by atoms with Gasteiger partial charge in [0.2, 0.25) is 17.7 Å². The van der Waals surface area contributed by atoms with Gasteiger partial charge < -0.3 is 50.1 Å². The van der Waals surface area contributed by atoms with Crippen LogP contribution >= 0.6 is 0 Å². The first-order chi connectivity index (χ1) is 18.4. The van der Waals surface area contributed by atoms with E-state index in [1.165, 1.54) is 21.0 Å². The molecule has 0 aliphatic carbocycles. The predicted octanol–water partition coefficient (Wildman–Crippen LogP) is -0.238. The Balaban J connectivity index is 2.13. The highest BCUT2D eigenvalue weighted by Gasteiger charge is 2.57. The number of methoxy groups -OCH3 is 1. The fourth-order valence-corrected chi connectivity index (χ4v) is 4.21. The van der Waals surface area contributed by atoms with Crippen LogP contribution in [0.2, 0.25) is 0 Å². The van der Waals surface area contributed by atoms with Gasteiger partial charge in [0.1, 0.15) is 36.0 Å². The van der Waals surface area contributed by atoms with Crippen molar-refractivity contribution in [3.05, 3.63) is 0 Å². The summed E-state index contributed by atoms with van der Waals surface area (Å²) in [4.78, 5) is 61.1. The van der Waals surface area contributed by atoms with E-state index in [9.17, 15) is 24.0 Å². The molecule has 2 heterocycles. The van der Waals surface area contributed by atoms with Crippen LogP contribution in [0.1, 0.15) is 61.3 Å². The normalized spacial score (nSPS) is 25.6. The van der Waals surface area contributed by atoms with Crippen LogP contribution in [0.25, 0.3) is 0 Å². The highest BCUT2D eigenvalue weighted by atomic mass is 16.8. The minimum absolute atomic E-state index is 0.0971. The Hall–Kier alpha value is -3.01. The smallest absolute Gasteiger partial charge is 0.408 e. The third-order valence-corrected chi connectivity index (χ3v) is 5.96. The van der Waals surface area contributed by atoms with Crippen molar-refractivity contribution in [1.29, 1.82) is 0 Å². The second-order valence-electron chi connectivity index (χ2n) is 11.2. The monoisotopic (exact) mass is 574 g/mol. The third-order valence-electron chi connectivity index (χ3n) is 5.96. The van der Waals surface area contributed by atoms with Crippen molar-refractivity contribution >= 4 is 29.8 Å². The topological polar surface area (TPSA) is 200 Å². The fourth-order valence-electron chi connectivity index (χ4n) is 4.21. The number of carbonyl (C=O) groups is 5. The molecule has 2 aliphatic heterocycles. The molecule has 2 rings (SSSR count). The van der Waals surface area contributed by atoms with Crippen molar-refractivity contribution in [3.63, 3.8) is 0 Å². The van der Waals surface area contributed by atoms with Gasteiger partial charge in [-0.15, -0.1) is 0 Å². The molecule has 0 aromatic rings. The molecule has 0 aromatic carbocycles. The average Bonchev–Trinajstić information content (AvgIpc) is 3.27. The van der Waals surface area contributed by atoms with E-state index >= 15 is 0 Å². The zero-order valence-electron chi connectivity index (χ0n) is 24.2. The zero-order valence-corrected chi connectivity index (χ0v) is 24.2. The first kappa shape index (κ1) is 33.2. The van der Waals surface area contributed by atoms with E-state index < -0.39 is 83.9 Å². The van der Waals surface area contributed by atoms with Crippen LogP contribution in [0.4, 0.5) is 4.79 Å². The maximum absolute atomic E-state index is 13.1. The third kappa shape index (κ3) is 9.87. The van der Waals surface area contributed by atoms with Gasteiger partial charge in [-0.05, 0) is 48.5 Å². The van der Waals surface area contributed by atoms with Crippen molar-refractivity contribution < 1.29 is 52.8 Å². The zero-order chi connectivity index (χ0) is 30.4. The Labute approximate surface area is 233 Å². The molecule has 40 heavy (non-hydrogen) atoms. The van der Waals surface area contributed by atoms with E-state index in [2.05, 4.69) is 21.3 Å². The van der Waals surface area contributed by atoms with E-state index in [1.54, 1.807) is 34.6 Å². The van der Waals surface area contributed by atoms with E-state index in [0.29, 0.717) is 0 Å². The lowest BCUT2D eigenvalue weighted by Gasteiger charge is -2.31. The number of aliphatic carboxylic acids is 1. The Morgan fingerprint density at radius 1 is 0.975 bits per heavy atom. The van der Waals surface area contributed by atoms with Crippen molar-refractivity contribution in [2.75, 3.05) is 13.7 Å². The number of hydrogen-bond acceptors (Lipinski definition) is 10. The summed E-state index contributed by atoms with van der Waals surface area (Å²) in [5.74, 6) is -3.80. The van der Waals surface area contributed by atoms with Crippen molar-refractivity contribution in [3.8, 4) is 0 Å². The van der Waals surface area contributed by atoms with Gasteiger partial charge in [0.05, 0.1) is 12.5 Å². The predicted molar refractivity (Wildman–Crippen MR) is 138 cm³/mol. The first-order valence-corrected chi connectivity index (χ1v) is 13.0. The molecule has 5 N–H and O–H groups in total. The van der Waals surface area contributed by atoms with Gasteiger partial charge in [0.15, 0.2) is 12.1 Å². The van der Waals surface area contributed by atoms with Crippen LogP contribution < -0.4 is 21.3 Å². The maximum Gasteiger partial charge on any atom is 0.408 e. The molecule has 2 saturated heterocycles. The Kier molecular flexibility index (Phi) is 11.3. The molecule has 0 aromatic heterocycles. The van der Waals surface area contributed by atoms with Gasteiger partial charge in [-0.1, -0.05) is 0 Å². The molecule has 0 spiro atoms. The van der Waals surface area contributed by atoms with Crippen LogP contribution in [0, 0.1) is 0 Å². The largest absolute Gasteiger partial charge is 0.481 e. The van der Waals surface area contributed by atoms with E-state index in [0.717, 1.165) is 0 Å². The molecule has 15 nitrogen and oxygen atoms in total. The lowest BCUT2D eigenvalue weighted by atomic mass is 9.99. The number of alkyl carbamates (subject to hydrolysis) is 1. The standard InChI is InChI=1S/C25H42N4O11/c1-12(20(33)26-10-9-16(31)32)27-15(30)11-14(29-21(34)13(2)28-23(35)40-24(3,4)5)17-18(36-8)19-22(37-17)39-25(6,7)38-19/h12-14,17-19,22H,9-11H2,1-8H3,(H,26,33)(H,27,30)(H,28,35)(H,29,34)(H,31,32)/t12-,13-,14-,17+,18-,19+,22+/m0/s1. The van der Waals surface area contributed by atoms with E-state index in [-0.39, 0.29) is 19.4 Å². The van der Waals surface area contributed by atoms with Crippen LogP contribution in [0.3, 0.4) is 0 Å². The highest BCUT2D eigenvalue weighted by molar-refractivity contribution is 5.89. The summed E-state index contributed by atoms with van der Waals surface area (Å²) in [6.45, 7) is 11.3. The molecule has 0 unspecified atom stereocenters. The molecule has 0 bridgehead atoms. The number of hydrogen-bond donors (Lipinski definition) is 5. The molecule has 0 saturated carbocycles. The fraction of sp³-hybridized carbons (Fsp3) is 0.800. The average molecular weight is 575 g/mol. The molecule has 228 valence electrons. The Morgan fingerprint density at radius 3 is 2.17 bits per heavy atom. The number of carboxylic acid groups (broad SMARTS) is 1. The van der Waals surface area contributed by atoms with Crippen molar-refractivity contribution in [1.82, 2.24) is 21.3 Å². The molecule has 0 radical (unpaired) electrons. The van der Waals surface area contributed by atoms with Crippen LogP contribution in [0.15, 0.2) is 0 Å². The lowest BCUT2D eigenvalue weighted by Crippen LogP contribution is -2.56. The molecular weight excluding hydrogens is 532 g/mol. The second-order valence-corrected chi connectivity index (χ2v) is 11.2. The Bertz CT molecular complexity index is 952. The number of carbonyl (C=O) groups excluding carboxylic acids is 4. The highest BCUT2D eigenvalue weighted by Crippen LogP contribution is 2.39. The summed E-state index contributed by atoms with van der Waals surface area (Å²) in [7, 11) is 1.44. The number of rotatable bonds is 12. The second kappa shape index (κ2) is 13.6. The number of fused-ring (bicyclic) bond motifs is 1. The summed E-state index contributed by atoms with van der Waals surface area (Å²) in [6.07, 6.45) is -4.46. The van der Waals surface area contributed by atoms with Gasteiger partial charge in [-0.2, -0.15) is 0 Å². The summed E-state index contributed by atoms with van der Waals surface area (Å²) in [6, 6.07) is -3.00. The molecule has 7 atom stereocenters. The molecular formula is C25H42N4O11. The van der Waals surface area contributed by atoms with Crippen LogP contribution in [-0.2, 0) is 42.9 Å². The maximum atomic E-state index is 13.1. The summed E-state index contributed by atoms with van der Waals surface area (Å²) in [5.41, 5.74) is -0.771. The number of amides is 4. The van der Waals surface area contributed by atoms with E-state index in [4.69, 9.17) is 28.8 Å². The van der Waals surface area contributed by atoms with Gasteiger partial charge in [-0.3, -0.25) is 19.2 Å². The summed E-state index contributed by atoms with van der Waals surface area (Å²) in [5, 5.41) is 18.9. The molecule has 15 heteroatoms. The van der Waals surface area contributed by atoms with Crippen LogP contribution in [0.5, 0.6) is 0 Å². The quantitative estimate of drug-likeness (QED) is 0.206. The van der Waals surface area contributed by atoms with Crippen LogP contribution in [-0.4, -0.2) is 103 Å². The molecule has 2 aliphatic rings. The van der Waals surface area contributed by atoms with Gasteiger partial charge in [0, 0.05) is 20.1 Å². The van der Waals surface area contributed by atoms with Crippen molar-refractivity contribution in [2.24, 2.45) is 0 Å². The molecule has 4 amide bonds. The molecule has 2 fully saturated rings. The number of nitrogens with one attached hydrogen (secondary N) is 4. The number of ether oxygens (including phenoxy) is 5. The van der Waals surface area contributed by atoms with E-state index in [1.807, 2.05) is 0 Å². The summed E-state index contributed by atoms with van der Waals surface area (Å²) >= 11 is 0. The minimum Gasteiger partial charge on any atom is -0.481 e. The first-order valence-electron chi connectivity index (χ1n) is 13.0. The SMILES string of the molecule is CO[C@@H]1[C@H]2OC(C)(C)O[C@H]2O[C@@H]1[C@H](CC(=O)N[C@@H](C)C(=O)NCCC(=O)O)NC(=O)[C@H](C)NC(=O)OC(C)(C)C. The summed E-state index contributed by atoms with van der Waals surface area (Å²) < 4.78 is 28.5. The lowest BCUT2D eigenvalue weighted by molar-refractivity contribution is -0.220. The van der Waals surface area contributed by atoms with Crippen molar-refractivity contribution in [2.45, 2.75) is 115 Å². The Morgan fingerprint density at radius 2 is 1.60 bits per heavy atom. The van der Waals surface area contributed by atoms with Gasteiger partial charge >= 0.3 is 12.1 Å². The minimum atomic E-state index is -1.07. The van der Waals surface area contributed by atoms with Gasteiger partial charge in [0.25, 0.3) is 0 Å². The van der Waals surface area contributed by atoms with Gasteiger partial charge in [-0.25, -0.2) is 4.79 Å². The number of carboxylic acids is 1.